The predicted octanol–water partition coefficient (Wildman–Crippen LogP) is 5.75. The Bertz CT molecular complexity index is 1470. The lowest BCUT2D eigenvalue weighted by atomic mass is 10.0. The highest BCUT2D eigenvalue weighted by atomic mass is 35.5. The molecule has 1 amide bonds. The second-order valence-electron chi connectivity index (χ2n) is 9.84. The van der Waals surface area contributed by atoms with Gasteiger partial charge in [-0.3, -0.25) is 14.5 Å². The molecule has 2 aromatic carbocycles. The molecule has 0 unspecified atom stereocenters. The standard InChI is InChI=1S/C30H32ClN3O3S/c1-2-14-34-19-25(29(37)32-17-20-10-12-22(31)13-11-20)28(36)24-16-23(38-30(24)34)18-33-15-6-9-26(33)27(35)21-7-4-3-5-8-21/h3-5,7-8,10-13,16,19,26-27,35H,2,6,9,14-15,17-18H2,1H3,(H,32,37)/t26-,27+/m1/s1. The van der Waals surface area contributed by atoms with Crippen molar-refractivity contribution in [3.8, 4) is 0 Å². The van der Waals surface area contributed by atoms with Crippen molar-refractivity contribution in [1.82, 2.24) is 14.8 Å². The minimum Gasteiger partial charge on any atom is -0.387 e. The third-order valence-electron chi connectivity index (χ3n) is 7.15. The Kier molecular flexibility index (Phi) is 8.29. The zero-order valence-electron chi connectivity index (χ0n) is 21.4. The van der Waals surface area contributed by atoms with Crippen molar-refractivity contribution in [3.05, 3.63) is 104 Å². The van der Waals surface area contributed by atoms with Gasteiger partial charge in [0.25, 0.3) is 5.91 Å². The number of rotatable bonds is 9. The van der Waals surface area contributed by atoms with Crippen LogP contribution in [0, 0.1) is 0 Å². The summed E-state index contributed by atoms with van der Waals surface area (Å²) in [6, 6.07) is 19.0. The van der Waals surface area contributed by atoms with Crippen molar-refractivity contribution < 1.29 is 9.90 Å². The monoisotopic (exact) mass is 549 g/mol. The van der Waals surface area contributed by atoms with Crippen LogP contribution in [0.15, 0.2) is 71.7 Å². The Labute approximate surface area is 231 Å². The number of hydrogen-bond donors (Lipinski definition) is 2. The van der Waals surface area contributed by atoms with Crippen LogP contribution < -0.4 is 10.7 Å². The average Bonchev–Trinajstić information content (AvgIpc) is 3.58. The summed E-state index contributed by atoms with van der Waals surface area (Å²) in [7, 11) is 0. The molecule has 0 radical (unpaired) electrons. The topological polar surface area (TPSA) is 74.6 Å². The second-order valence-corrected chi connectivity index (χ2v) is 11.4. The number of likely N-dealkylation sites (tertiary alicyclic amines) is 1. The lowest BCUT2D eigenvalue weighted by Gasteiger charge is -2.28. The van der Waals surface area contributed by atoms with E-state index in [1.165, 1.54) is 0 Å². The molecule has 6 nitrogen and oxygen atoms in total. The van der Waals surface area contributed by atoms with E-state index >= 15 is 0 Å². The molecule has 0 spiro atoms. The van der Waals surface area contributed by atoms with Gasteiger partial charge in [-0.25, -0.2) is 0 Å². The maximum Gasteiger partial charge on any atom is 0.257 e. The molecule has 4 aromatic rings. The number of benzene rings is 2. The number of nitrogens with one attached hydrogen (secondary N) is 1. The zero-order valence-corrected chi connectivity index (χ0v) is 23.0. The first-order valence-corrected chi connectivity index (χ1v) is 14.3. The number of amides is 1. The summed E-state index contributed by atoms with van der Waals surface area (Å²) in [6.07, 6.45) is 3.99. The van der Waals surface area contributed by atoms with Crippen molar-refractivity contribution >= 4 is 39.1 Å². The number of hydrogen-bond acceptors (Lipinski definition) is 5. The van der Waals surface area contributed by atoms with Gasteiger partial charge >= 0.3 is 0 Å². The quantitative estimate of drug-likeness (QED) is 0.278. The number of aryl methyl sites for hydroxylation is 1. The predicted molar refractivity (Wildman–Crippen MR) is 154 cm³/mol. The third kappa shape index (κ3) is 5.71. The largest absolute Gasteiger partial charge is 0.387 e. The minimum atomic E-state index is -0.552. The average molecular weight is 550 g/mol. The summed E-state index contributed by atoms with van der Waals surface area (Å²) in [4.78, 5) is 30.8. The van der Waals surface area contributed by atoms with Crippen molar-refractivity contribution in [2.24, 2.45) is 0 Å². The summed E-state index contributed by atoms with van der Waals surface area (Å²) in [5.74, 6) is -0.380. The summed E-state index contributed by atoms with van der Waals surface area (Å²) in [5.41, 5.74) is 1.75. The van der Waals surface area contributed by atoms with Crippen LogP contribution in [-0.2, 0) is 19.6 Å². The van der Waals surface area contributed by atoms with E-state index in [9.17, 15) is 14.7 Å². The lowest BCUT2D eigenvalue weighted by molar-refractivity contribution is 0.0693. The number of halogens is 1. The number of pyridine rings is 1. The molecule has 1 saturated heterocycles. The van der Waals surface area contributed by atoms with E-state index in [0.29, 0.717) is 30.0 Å². The van der Waals surface area contributed by atoms with Crippen LogP contribution in [0.4, 0.5) is 0 Å². The normalized spacial score (nSPS) is 16.7. The molecule has 0 aliphatic carbocycles. The number of fused-ring (bicyclic) bond motifs is 1. The molecule has 0 bridgehead atoms. The number of nitrogens with zero attached hydrogens (tertiary/aromatic N) is 2. The van der Waals surface area contributed by atoms with Gasteiger partial charge in [-0.1, -0.05) is 61.0 Å². The molecule has 2 N–H and O–H groups in total. The molecular formula is C30H32ClN3O3S. The van der Waals surface area contributed by atoms with E-state index in [1.54, 1.807) is 29.7 Å². The van der Waals surface area contributed by atoms with Crippen LogP contribution in [-0.4, -0.2) is 33.1 Å². The van der Waals surface area contributed by atoms with E-state index in [4.69, 9.17) is 11.6 Å². The van der Waals surface area contributed by atoms with Crippen molar-refractivity contribution in [2.45, 2.75) is 58.0 Å². The number of aliphatic hydroxyl groups is 1. The Balaban J connectivity index is 1.39. The number of aromatic nitrogens is 1. The van der Waals surface area contributed by atoms with Gasteiger partial charge in [-0.2, -0.15) is 0 Å². The van der Waals surface area contributed by atoms with Crippen LogP contribution >= 0.6 is 22.9 Å². The maximum absolute atomic E-state index is 13.5. The second kappa shape index (κ2) is 11.8. The highest BCUT2D eigenvalue weighted by molar-refractivity contribution is 7.18. The molecule has 2 aromatic heterocycles. The minimum absolute atomic E-state index is 0.0336. The first-order chi connectivity index (χ1) is 18.4. The fourth-order valence-corrected chi connectivity index (χ4v) is 6.53. The van der Waals surface area contributed by atoms with Gasteiger partial charge in [0.15, 0.2) is 0 Å². The van der Waals surface area contributed by atoms with Crippen LogP contribution in [0.1, 0.15) is 58.7 Å². The first-order valence-electron chi connectivity index (χ1n) is 13.1. The molecule has 2 atom stereocenters. The molecule has 1 fully saturated rings. The van der Waals surface area contributed by atoms with Gasteiger partial charge in [-0.15, -0.1) is 11.3 Å². The number of carbonyl (C=O) groups is 1. The highest BCUT2D eigenvalue weighted by Crippen LogP contribution is 2.33. The molecule has 1 aliphatic rings. The van der Waals surface area contributed by atoms with Crippen LogP contribution in [0.2, 0.25) is 5.02 Å². The molecular weight excluding hydrogens is 518 g/mol. The summed E-state index contributed by atoms with van der Waals surface area (Å²) >= 11 is 7.56. The first kappa shape index (κ1) is 26.6. The summed E-state index contributed by atoms with van der Waals surface area (Å²) < 4.78 is 2.03. The Hall–Kier alpha value is -2.97. The van der Waals surface area contributed by atoms with Crippen LogP contribution in [0.3, 0.4) is 0 Å². The zero-order chi connectivity index (χ0) is 26.6. The maximum atomic E-state index is 13.5. The van der Waals surface area contributed by atoms with Crippen molar-refractivity contribution in [1.29, 1.82) is 0 Å². The summed E-state index contributed by atoms with van der Waals surface area (Å²) in [5, 5.41) is 15.2. The Morgan fingerprint density at radius 3 is 2.68 bits per heavy atom. The Morgan fingerprint density at radius 1 is 1.18 bits per heavy atom. The van der Waals surface area contributed by atoms with Gasteiger partial charge in [0, 0.05) is 41.8 Å². The number of thiophene rings is 1. The van der Waals surface area contributed by atoms with E-state index in [2.05, 4.69) is 17.1 Å². The van der Waals surface area contributed by atoms with E-state index in [1.807, 2.05) is 53.1 Å². The molecule has 1 aliphatic heterocycles. The fraction of sp³-hybridized carbons (Fsp3) is 0.333. The van der Waals surface area contributed by atoms with Gasteiger partial charge in [-0.05, 0) is 55.1 Å². The van der Waals surface area contributed by atoms with E-state index < -0.39 is 6.10 Å². The molecule has 3 heterocycles. The lowest BCUT2D eigenvalue weighted by Crippen LogP contribution is -2.33. The van der Waals surface area contributed by atoms with Crippen LogP contribution in [0.5, 0.6) is 0 Å². The molecule has 38 heavy (non-hydrogen) atoms. The molecule has 8 heteroatoms. The smallest absolute Gasteiger partial charge is 0.257 e. The van der Waals surface area contributed by atoms with Crippen LogP contribution in [0.25, 0.3) is 10.2 Å². The van der Waals surface area contributed by atoms with Crippen molar-refractivity contribution in [2.75, 3.05) is 6.54 Å². The highest BCUT2D eigenvalue weighted by Gasteiger charge is 2.32. The number of aliphatic hydroxyl groups excluding tert-OH is 1. The summed E-state index contributed by atoms with van der Waals surface area (Å²) in [6.45, 7) is 4.68. The number of carbonyl (C=O) groups excluding carboxylic acids is 1. The van der Waals surface area contributed by atoms with Gasteiger partial charge in [0.2, 0.25) is 5.43 Å². The third-order valence-corrected chi connectivity index (χ3v) is 8.56. The molecule has 198 valence electrons. The Morgan fingerprint density at radius 2 is 1.95 bits per heavy atom. The molecule has 5 rings (SSSR count). The molecule has 0 saturated carbocycles. The van der Waals surface area contributed by atoms with Gasteiger partial charge in [0.1, 0.15) is 10.4 Å². The van der Waals surface area contributed by atoms with E-state index in [0.717, 1.165) is 46.6 Å². The van der Waals surface area contributed by atoms with E-state index in [-0.39, 0.29) is 22.9 Å². The van der Waals surface area contributed by atoms with Crippen molar-refractivity contribution in [3.63, 3.8) is 0 Å². The fourth-order valence-electron chi connectivity index (χ4n) is 5.23. The van der Waals surface area contributed by atoms with Gasteiger partial charge < -0.3 is 15.0 Å². The van der Waals surface area contributed by atoms with Gasteiger partial charge in [0.05, 0.1) is 11.5 Å². The SMILES string of the molecule is CCCn1cc(C(=O)NCc2ccc(Cl)cc2)c(=O)c2cc(CN3CCC[C@@H]3[C@@H](O)c3ccccc3)sc21.